The van der Waals surface area contributed by atoms with Crippen LogP contribution in [0.4, 0.5) is 4.79 Å². The summed E-state index contributed by atoms with van der Waals surface area (Å²) in [7, 11) is 0. The van der Waals surface area contributed by atoms with Gasteiger partial charge in [-0.25, -0.2) is 14.5 Å². The lowest BCUT2D eigenvalue weighted by Gasteiger charge is -2.11. The highest BCUT2D eigenvalue weighted by Gasteiger charge is 2.28. The minimum atomic E-state index is -1.12. The molecule has 2 amide bonds. The summed E-state index contributed by atoms with van der Waals surface area (Å²) < 4.78 is 9.70. The molecule has 2 heterocycles. The molecule has 1 N–H and O–H groups in total. The van der Waals surface area contributed by atoms with Gasteiger partial charge in [0.1, 0.15) is 12.4 Å². The van der Waals surface area contributed by atoms with Gasteiger partial charge in [-0.2, -0.15) is 0 Å². The van der Waals surface area contributed by atoms with Crippen molar-refractivity contribution in [3.05, 3.63) is 16.3 Å². The van der Waals surface area contributed by atoms with Crippen molar-refractivity contribution in [2.45, 2.75) is 0 Å². The van der Waals surface area contributed by atoms with E-state index in [9.17, 15) is 14.4 Å². The Bertz CT molecular complexity index is 496. The van der Waals surface area contributed by atoms with E-state index in [0.29, 0.717) is 0 Å². The minimum absolute atomic E-state index is 0.0202. The number of amides is 2. The van der Waals surface area contributed by atoms with Gasteiger partial charge in [0.2, 0.25) is 0 Å². The van der Waals surface area contributed by atoms with Crippen LogP contribution in [0.5, 0.6) is 5.75 Å². The zero-order valence-corrected chi connectivity index (χ0v) is 9.94. The van der Waals surface area contributed by atoms with Gasteiger partial charge in [0.15, 0.2) is 11.5 Å². The van der Waals surface area contributed by atoms with Crippen LogP contribution in [-0.4, -0.2) is 47.7 Å². The van der Waals surface area contributed by atoms with E-state index in [1.54, 1.807) is 5.38 Å². The van der Waals surface area contributed by atoms with Crippen molar-refractivity contribution in [1.82, 2.24) is 4.90 Å². The van der Waals surface area contributed by atoms with Crippen molar-refractivity contribution in [3.8, 4) is 5.75 Å². The molecule has 2 rings (SSSR count). The standard InChI is InChI=1S/C10H9NO6S/c12-7(11-2-3-16-10(11)15)5-17-6-1-4-18-8(6)9(13)14/h1,4H,2-3,5H2,(H,13,14). The largest absolute Gasteiger partial charge is 0.482 e. The molecule has 1 aromatic heterocycles. The van der Waals surface area contributed by atoms with Crippen LogP contribution in [0.1, 0.15) is 9.67 Å². The first-order valence-electron chi connectivity index (χ1n) is 5.00. The van der Waals surface area contributed by atoms with E-state index in [1.165, 1.54) is 6.07 Å². The van der Waals surface area contributed by atoms with Crippen LogP contribution in [0.15, 0.2) is 11.4 Å². The molecule has 0 bridgehead atoms. The zero-order valence-electron chi connectivity index (χ0n) is 9.12. The predicted octanol–water partition coefficient (Wildman–Crippen LogP) is 0.804. The Labute approximate surface area is 106 Å². The van der Waals surface area contributed by atoms with Crippen LogP contribution >= 0.6 is 11.3 Å². The Morgan fingerprint density at radius 1 is 1.56 bits per heavy atom. The molecule has 0 unspecified atom stereocenters. The first-order chi connectivity index (χ1) is 8.59. The fourth-order valence-electron chi connectivity index (χ4n) is 1.40. The second-order valence-corrected chi connectivity index (χ2v) is 4.28. The molecule has 7 nitrogen and oxygen atoms in total. The van der Waals surface area contributed by atoms with Crippen molar-refractivity contribution in [3.63, 3.8) is 0 Å². The number of ether oxygens (including phenoxy) is 2. The monoisotopic (exact) mass is 271 g/mol. The van der Waals surface area contributed by atoms with Gasteiger partial charge in [0, 0.05) is 0 Å². The van der Waals surface area contributed by atoms with Gasteiger partial charge < -0.3 is 14.6 Å². The SMILES string of the molecule is O=C(O)c1sccc1OCC(=O)N1CCOC1=O. The van der Waals surface area contributed by atoms with E-state index in [4.69, 9.17) is 9.84 Å². The minimum Gasteiger partial charge on any atom is -0.482 e. The number of cyclic esters (lactones) is 1. The Hall–Kier alpha value is -2.09. The van der Waals surface area contributed by atoms with E-state index >= 15 is 0 Å². The highest BCUT2D eigenvalue weighted by atomic mass is 32.1. The number of rotatable bonds is 4. The van der Waals surface area contributed by atoms with Crippen molar-refractivity contribution < 1.29 is 29.0 Å². The summed E-state index contributed by atoms with van der Waals surface area (Å²) in [5, 5.41) is 10.4. The topological polar surface area (TPSA) is 93.1 Å². The molecule has 0 atom stereocenters. The van der Waals surface area contributed by atoms with Gasteiger partial charge in [-0.15, -0.1) is 11.3 Å². The second kappa shape index (κ2) is 5.05. The van der Waals surface area contributed by atoms with Crippen LogP contribution in [-0.2, 0) is 9.53 Å². The molecule has 0 aromatic carbocycles. The van der Waals surface area contributed by atoms with E-state index in [1.807, 2.05) is 0 Å². The van der Waals surface area contributed by atoms with Gasteiger partial charge in [-0.05, 0) is 11.4 Å². The molecule has 8 heteroatoms. The number of aromatic carboxylic acids is 1. The van der Waals surface area contributed by atoms with E-state index in [-0.39, 0.29) is 23.8 Å². The predicted molar refractivity (Wildman–Crippen MR) is 59.8 cm³/mol. The average Bonchev–Trinajstić information content (AvgIpc) is 2.94. The maximum atomic E-state index is 11.6. The lowest BCUT2D eigenvalue weighted by molar-refractivity contribution is -0.129. The Morgan fingerprint density at radius 2 is 2.33 bits per heavy atom. The summed E-state index contributed by atoms with van der Waals surface area (Å²) in [6.45, 7) is -0.0357. The maximum Gasteiger partial charge on any atom is 0.416 e. The molecule has 1 aliphatic heterocycles. The van der Waals surface area contributed by atoms with Gasteiger partial charge in [-0.1, -0.05) is 0 Å². The van der Waals surface area contributed by atoms with Crippen molar-refractivity contribution in [2.24, 2.45) is 0 Å². The summed E-state index contributed by atoms with van der Waals surface area (Å²) in [4.78, 5) is 34.4. The number of nitrogens with zero attached hydrogens (tertiary/aromatic N) is 1. The summed E-state index contributed by atoms with van der Waals surface area (Å²) in [5.41, 5.74) is 0. The molecule has 0 spiro atoms. The van der Waals surface area contributed by atoms with Crippen molar-refractivity contribution in [1.29, 1.82) is 0 Å². The normalized spacial score (nSPS) is 14.4. The number of thiophene rings is 1. The molecular formula is C10H9NO6S. The van der Waals surface area contributed by atoms with Crippen molar-refractivity contribution in [2.75, 3.05) is 19.8 Å². The first kappa shape index (κ1) is 12.4. The molecular weight excluding hydrogens is 262 g/mol. The average molecular weight is 271 g/mol. The van der Waals surface area contributed by atoms with E-state index in [2.05, 4.69) is 4.74 Å². The summed E-state index contributed by atoms with van der Waals surface area (Å²) in [6.07, 6.45) is -0.702. The Morgan fingerprint density at radius 3 is 2.94 bits per heavy atom. The third-order valence-corrected chi connectivity index (χ3v) is 3.12. The van der Waals surface area contributed by atoms with Gasteiger partial charge in [-0.3, -0.25) is 4.79 Å². The molecule has 18 heavy (non-hydrogen) atoms. The molecule has 0 radical (unpaired) electrons. The van der Waals surface area contributed by atoms with E-state index < -0.39 is 24.6 Å². The van der Waals surface area contributed by atoms with Crippen LogP contribution in [0.2, 0.25) is 0 Å². The number of carboxylic acid groups (broad SMARTS) is 1. The molecule has 1 saturated heterocycles. The Kier molecular flexibility index (Phi) is 3.47. The number of hydrogen-bond acceptors (Lipinski definition) is 6. The van der Waals surface area contributed by atoms with Crippen LogP contribution in [0.25, 0.3) is 0 Å². The maximum absolute atomic E-state index is 11.6. The van der Waals surface area contributed by atoms with Gasteiger partial charge in [0.25, 0.3) is 5.91 Å². The molecule has 0 aliphatic carbocycles. The molecule has 1 aliphatic rings. The van der Waals surface area contributed by atoms with Crippen LogP contribution in [0, 0.1) is 0 Å². The quantitative estimate of drug-likeness (QED) is 0.870. The number of carbonyl (C=O) groups is 3. The smallest absolute Gasteiger partial charge is 0.416 e. The fourth-order valence-corrected chi connectivity index (χ4v) is 2.08. The van der Waals surface area contributed by atoms with Crippen LogP contribution in [0.3, 0.4) is 0 Å². The summed E-state index contributed by atoms with van der Waals surface area (Å²) >= 11 is 1.00. The van der Waals surface area contributed by atoms with Crippen LogP contribution < -0.4 is 4.74 Å². The molecule has 96 valence electrons. The highest BCUT2D eigenvalue weighted by Crippen LogP contribution is 2.24. The fraction of sp³-hybridized carbons (Fsp3) is 0.300. The van der Waals surface area contributed by atoms with Gasteiger partial charge >= 0.3 is 12.1 Å². The number of imide groups is 1. The van der Waals surface area contributed by atoms with E-state index in [0.717, 1.165) is 16.2 Å². The molecule has 1 aromatic rings. The summed E-state index contributed by atoms with van der Waals surface area (Å²) in [6, 6.07) is 1.46. The lowest BCUT2D eigenvalue weighted by Crippen LogP contribution is -2.35. The number of carbonyl (C=O) groups excluding carboxylic acids is 2. The molecule has 0 saturated carbocycles. The molecule has 1 fully saturated rings. The van der Waals surface area contributed by atoms with Crippen molar-refractivity contribution >= 4 is 29.3 Å². The first-order valence-corrected chi connectivity index (χ1v) is 5.88. The zero-order chi connectivity index (χ0) is 13.1. The lowest BCUT2D eigenvalue weighted by atomic mass is 10.4. The van der Waals surface area contributed by atoms with Gasteiger partial charge in [0.05, 0.1) is 6.54 Å². The third-order valence-electron chi connectivity index (χ3n) is 2.24. The summed E-state index contributed by atoms with van der Waals surface area (Å²) in [5.74, 6) is -1.55. The highest BCUT2D eigenvalue weighted by molar-refractivity contribution is 7.12. The third kappa shape index (κ3) is 2.43. The number of carboxylic acids is 1. The second-order valence-electron chi connectivity index (χ2n) is 3.37. The Balaban J connectivity index is 1.95. The number of hydrogen-bond donors (Lipinski definition) is 1.